The normalized spacial score (nSPS) is 23.3. The van der Waals surface area contributed by atoms with E-state index in [-0.39, 0.29) is 17.9 Å². The standard InChI is InChI=1S/C13H21NO4/c1-5-17-11(15)9-7-6-8-10(9)14-12(16)18-13(2,3)4/h5,9-10H,1,6-8H2,2-4H3,(H,14,16)/t9-,10+/m1/s1. The molecule has 0 saturated heterocycles. The summed E-state index contributed by atoms with van der Waals surface area (Å²) in [5.41, 5.74) is -0.542. The van der Waals surface area contributed by atoms with Gasteiger partial charge in [0.05, 0.1) is 12.2 Å². The van der Waals surface area contributed by atoms with Crippen molar-refractivity contribution in [1.29, 1.82) is 0 Å². The third kappa shape index (κ3) is 4.39. The molecular weight excluding hydrogens is 234 g/mol. The van der Waals surface area contributed by atoms with E-state index in [1.54, 1.807) is 20.8 Å². The smallest absolute Gasteiger partial charge is 0.407 e. The fraction of sp³-hybridized carbons (Fsp3) is 0.692. The molecule has 0 aromatic heterocycles. The number of ether oxygens (including phenoxy) is 2. The minimum absolute atomic E-state index is 0.215. The lowest BCUT2D eigenvalue weighted by Crippen LogP contribution is -2.43. The van der Waals surface area contributed by atoms with E-state index in [0.29, 0.717) is 6.42 Å². The van der Waals surface area contributed by atoms with Gasteiger partial charge in [0.1, 0.15) is 5.60 Å². The molecule has 5 nitrogen and oxygen atoms in total. The minimum Gasteiger partial charge on any atom is -0.444 e. The van der Waals surface area contributed by atoms with Crippen LogP contribution in [0, 0.1) is 5.92 Å². The summed E-state index contributed by atoms with van der Waals surface area (Å²) in [7, 11) is 0. The van der Waals surface area contributed by atoms with Crippen LogP contribution in [0.1, 0.15) is 40.0 Å². The Labute approximate surface area is 108 Å². The van der Waals surface area contributed by atoms with E-state index < -0.39 is 11.7 Å². The first kappa shape index (κ1) is 14.5. The van der Waals surface area contributed by atoms with Gasteiger partial charge in [-0.05, 0) is 33.6 Å². The Balaban J connectivity index is 2.52. The molecule has 2 atom stereocenters. The van der Waals surface area contributed by atoms with Crippen LogP contribution in [0.5, 0.6) is 0 Å². The van der Waals surface area contributed by atoms with E-state index in [4.69, 9.17) is 9.47 Å². The lowest BCUT2D eigenvalue weighted by atomic mass is 10.0. The van der Waals surface area contributed by atoms with Gasteiger partial charge in [-0.2, -0.15) is 0 Å². The largest absolute Gasteiger partial charge is 0.444 e. The number of esters is 1. The Morgan fingerprint density at radius 3 is 2.56 bits per heavy atom. The second kappa shape index (κ2) is 5.89. The van der Waals surface area contributed by atoms with Crippen molar-refractivity contribution in [3.8, 4) is 0 Å². The number of hydrogen-bond donors (Lipinski definition) is 1. The topological polar surface area (TPSA) is 64.6 Å². The van der Waals surface area contributed by atoms with Gasteiger partial charge in [-0.3, -0.25) is 4.79 Å². The summed E-state index contributed by atoms with van der Waals surface area (Å²) in [6, 6.07) is -0.215. The number of alkyl carbamates (subject to hydrolysis) is 1. The first-order chi connectivity index (χ1) is 8.33. The highest BCUT2D eigenvalue weighted by molar-refractivity contribution is 5.76. The average molecular weight is 255 g/mol. The molecule has 0 aliphatic heterocycles. The van der Waals surface area contributed by atoms with Crippen LogP contribution in [0.15, 0.2) is 12.8 Å². The van der Waals surface area contributed by atoms with Gasteiger partial charge in [0.15, 0.2) is 0 Å². The zero-order valence-electron chi connectivity index (χ0n) is 11.2. The van der Waals surface area contributed by atoms with Crippen LogP contribution < -0.4 is 5.32 Å². The van der Waals surface area contributed by atoms with Crippen molar-refractivity contribution in [2.45, 2.75) is 51.7 Å². The molecule has 5 heteroatoms. The quantitative estimate of drug-likeness (QED) is 0.621. The summed E-state index contributed by atoms with van der Waals surface area (Å²) in [6.07, 6.45) is 2.98. The Morgan fingerprint density at radius 1 is 1.33 bits per heavy atom. The summed E-state index contributed by atoms with van der Waals surface area (Å²) < 4.78 is 9.94. The van der Waals surface area contributed by atoms with E-state index in [2.05, 4.69) is 11.9 Å². The molecule has 0 heterocycles. The molecule has 102 valence electrons. The number of carbonyl (C=O) groups is 2. The Bertz CT molecular complexity index is 332. The Kier molecular flexibility index (Phi) is 4.76. The van der Waals surface area contributed by atoms with Crippen LogP contribution in [-0.4, -0.2) is 23.7 Å². The lowest BCUT2D eigenvalue weighted by Gasteiger charge is -2.23. The fourth-order valence-corrected chi connectivity index (χ4v) is 2.04. The molecule has 0 aromatic rings. The molecule has 1 amide bonds. The third-order valence-corrected chi connectivity index (χ3v) is 2.72. The maximum absolute atomic E-state index is 11.6. The van der Waals surface area contributed by atoms with Crippen LogP contribution in [-0.2, 0) is 14.3 Å². The zero-order chi connectivity index (χ0) is 13.8. The van der Waals surface area contributed by atoms with Gasteiger partial charge >= 0.3 is 12.1 Å². The number of amides is 1. The van der Waals surface area contributed by atoms with Crippen LogP contribution in [0.25, 0.3) is 0 Å². The highest BCUT2D eigenvalue weighted by Gasteiger charge is 2.35. The van der Waals surface area contributed by atoms with Crippen molar-refractivity contribution in [3.05, 3.63) is 12.8 Å². The van der Waals surface area contributed by atoms with Crippen molar-refractivity contribution >= 4 is 12.1 Å². The molecule has 1 fully saturated rings. The zero-order valence-corrected chi connectivity index (χ0v) is 11.2. The second-order valence-electron chi connectivity index (χ2n) is 5.39. The van der Waals surface area contributed by atoms with Gasteiger partial charge < -0.3 is 14.8 Å². The lowest BCUT2D eigenvalue weighted by molar-refractivity contribution is -0.143. The molecule has 18 heavy (non-hydrogen) atoms. The molecule has 0 radical (unpaired) electrons. The third-order valence-electron chi connectivity index (χ3n) is 2.72. The predicted octanol–water partition coefficient (Wildman–Crippen LogP) is 2.37. The molecule has 0 aromatic carbocycles. The SMILES string of the molecule is C=COC(=O)[C@@H]1CCC[C@@H]1NC(=O)OC(C)(C)C. The van der Waals surface area contributed by atoms with E-state index >= 15 is 0 Å². The highest BCUT2D eigenvalue weighted by Crippen LogP contribution is 2.27. The maximum atomic E-state index is 11.6. The van der Waals surface area contributed by atoms with E-state index in [1.807, 2.05) is 0 Å². The molecule has 0 spiro atoms. The summed E-state index contributed by atoms with van der Waals surface area (Å²) in [5.74, 6) is -0.654. The molecule has 1 N–H and O–H groups in total. The van der Waals surface area contributed by atoms with Gasteiger partial charge in [0, 0.05) is 6.04 Å². The summed E-state index contributed by atoms with van der Waals surface area (Å²) >= 11 is 0. The van der Waals surface area contributed by atoms with E-state index in [1.165, 1.54) is 0 Å². The van der Waals surface area contributed by atoms with Gasteiger partial charge in [0.2, 0.25) is 0 Å². The van der Waals surface area contributed by atoms with Crippen molar-refractivity contribution in [1.82, 2.24) is 5.32 Å². The van der Waals surface area contributed by atoms with Crippen molar-refractivity contribution in [3.63, 3.8) is 0 Å². The molecular formula is C13H21NO4. The summed E-state index contributed by atoms with van der Waals surface area (Å²) in [4.78, 5) is 23.3. The molecule has 1 aliphatic rings. The first-order valence-electron chi connectivity index (χ1n) is 6.14. The molecule has 1 rings (SSSR count). The van der Waals surface area contributed by atoms with Crippen LogP contribution in [0.2, 0.25) is 0 Å². The molecule has 1 aliphatic carbocycles. The van der Waals surface area contributed by atoms with Crippen molar-refractivity contribution in [2.75, 3.05) is 0 Å². The van der Waals surface area contributed by atoms with Crippen LogP contribution in [0.4, 0.5) is 4.79 Å². The second-order valence-corrected chi connectivity index (χ2v) is 5.39. The van der Waals surface area contributed by atoms with Gasteiger partial charge in [-0.15, -0.1) is 0 Å². The number of hydrogen-bond acceptors (Lipinski definition) is 4. The fourth-order valence-electron chi connectivity index (χ4n) is 2.04. The van der Waals surface area contributed by atoms with E-state index in [9.17, 15) is 9.59 Å². The molecule has 1 saturated carbocycles. The van der Waals surface area contributed by atoms with E-state index in [0.717, 1.165) is 19.1 Å². The van der Waals surface area contributed by atoms with Crippen LogP contribution in [0.3, 0.4) is 0 Å². The minimum atomic E-state index is -0.542. The Morgan fingerprint density at radius 2 is 2.00 bits per heavy atom. The van der Waals surface area contributed by atoms with Crippen molar-refractivity contribution in [2.24, 2.45) is 5.92 Å². The number of carbonyl (C=O) groups excluding carboxylic acids is 2. The highest BCUT2D eigenvalue weighted by atomic mass is 16.6. The molecule has 0 unspecified atom stereocenters. The Hall–Kier alpha value is -1.52. The number of nitrogens with one attached hydrogen (secondary N) is 1. The predicted molar refractivity (Wildman–Crippen MR) is 66.8 cm³/mol. The van der Waals surface area contributed by atoms with Gasteiger partial charge in [0.25, 0.3) is 0 Å². The first-order valence-corrected chi connectivity index (χ1v) is 6.14. The van der Waals surface area contributed by atoms with Crippen molar-refractivity contribution < 1.29 is 19.1 Å². The average Bonchev–Trinajstić information content (AvgIpc) is 2.62. The molecule has 0 bridgehead atoms. The summed E-state index contributed by atoms with van der Waals surface area (Å²) in [5, 5.41) is 2.73. The summed E-state index contributed by atoms with van der Waals surface area (Å²) in [6.45, 7) is 8.74. The maximum Gasteiger partial charge on any atom is 0.407 e. The van der Waals surface area contributed by atoms with Crippen LogP contribution >= 0.6 is 0 Å². The number of rotatable bonds is 3. The van der Waals surface area contributed by atoms with Gasteiger partial charge in [-0.25, -0.2) is 4.79 Å². The van der Waals surface area contributed by atoms with Gasteiger partial charge in [-0.1, -0.05) is 13.0 Å². The monoisotopic (exact) mass is 255 g/mol.